The molecule has 0 saturated carbocycles. The third-order valence-electron chi connectivity index (χ3n) is 2.24. The molecule has 1 aromatic rings. The number of rotatable bonds is 4. The molecule has 0 saturated heterocycles. The van der Waals surface area contributed by atoms with Crippen LogP contribution in [0.15, 0.2) is 23.1 Å². The van der Waals surface area contributed by atoms with Crippen molar-refractivity contribution < 1.29 is 0 Å². The maximum Gasteiger partial charge on any atom is 0.0481 e. The number of thioether (sulfide) groups is 1. The summed E-state index contributed by atoms with van der Waals surface area (Å²) >= 11 is 1.86. The van der Waals surface area contributed by atoms with Crippen molar-refractivity contribution in [2.45, 2.75) is 32.1 Å². The van der Waals surface area contributed by atoms with Crippen LogP contribution in [-0.2, 0) is 0 Å². The average molecular weight is 209 g/mol. The Morgan fingerprint density at radius 2 is 2.07 bits per heavy atom. The zero-order valence-electron chi connectivity index (χ0n) is 9.21. The molecule has 1 nitrogen and oxygen atoms in total. The summed E-state index contributed by atoms with van der Waals surface area (Å²) in [5.74, 6) is 1.93. The molecule has 1 aromatic carbocycles. The van der Waals surface area contributed by atoms with Crippen LogP contribution in [-0.4, -0.2) is 5.75 Å². The first-order chi connectivity index (χ1) is 6.61. The predicted octanol–water partition coefficient (Wildman–Crippen LogP) is 3.72. The standard InChI is InChI=1S/C12H19NS/c1-9(2)7-8-14-11-6-4-5-10(3)12(11)13/h4-6,9H,7-8,13H2,1-3H3. The van der Waals surface area contributed by atoms with E-state index in [1.165, 1.54) is 16.9 Å². The van der Waals surface area contributed by atoms with Crippen LogP contribution in [0, 0.1) is 12.8 Å². The molecule has 0 radical (unpaired) electrons. The molecular weight excluding hydrogens is 190 g/mol. The molecular formula is C12H19NS. The Kier molecular flexibility index (Phi) is 4.33. The molecule has 0 aromatic heterocycles. The summed E-state index contributed by atoms with van der Waals surface area (Å²) in [5.41, 5.74) is 8.10. The maximum absolute atomic E-state index is 5.98. The number of hydrogen-bond acceptors (Lipinski definition) is 2. The van der Waals surface area contributed by atoms with E-state index in [4.69, 9.17) is 5.73 Å². The van der Waals surface area contributed by atoms with E-state index in [1.807, 2.05) is 11.8 Å². The van der Waals surface area contributed by atoms with Gasteiger partial charge in [-0.3, -0.25) is 0 Å². The maximum atomic E-state index is 5.98. The number of nitrogen functional groups attached to an aromatic ring is 1. The topological polar surface area (TPSA) is 26.0 Å². The second kappa shape index (κ2) is 5.30. The quantitative estimate of drug-likeness (QED) is 0.604. The number of aryl methyl sites for hydroxylation is 1. The first-order valence-electron chi connectivity index (χ1n) is 5.09. The van der Waals surface area contributed by atoms with E-state index in [1.54, 1.807) is 0 Å². The monoisotopic (exact) mass is 209 g/mol. The smallest absolute Gasteiger partial charge is 0.0481 e. The van der Waals surface area contributed by atoms with Crippen molar-refractivity contribution in [1.82, 2.24) is 0 Å². The molecule has 0 atom stereocenters. The third kappa shape index (κ3) is 3.26. The molecule has 78 valence electrons. The summed E-state index contributed by atoms with van der Waals surface area (Å²) in [6, 6.07) is 6.23. The molecule has 0 bridgehead atoms. The van der Waals surface area contributed by atoms with Gasteiger partial charge in [-0.05, 0) is 36.6 Å². The molecule has 0 amide bonds. The van der Waals surface area contributed by atoms with Gasteiger partial charge >= 0.3 is 0 Å². The molecule has 0 heterocycles. The van der Waals surface area contributed by atoms with Crippen LogP contribution in [0.3, 0.4) is 0 Å². The normalized spacial score (nSPS) is 10.9. The van der Waals surface area contributed by atoms with Gasteiger partial charge in [0, 0.05) is 10.6 Å². The van der Waals surface area contributed by atoms with Crippen molar-refractivity contribution in [3.05, 3.63) is 23.8 Å². The fourth-order valence-electron chi connectivity index (χ4n) is 1.18. The summed E-state index contributed by atoms with van der Waals surface area (Å²) in [4.78, 5) is 1.23. The number of hydrogen-bond donors (Lipinski definition) is 1. The van der Waals surface area contributed by atoms with Gasteiger partial charge in [0.15, 0.2) is 0 Å². The zero-order chi connectivity index (χ0) is 10.6. The minimum Gasteiger partial charge on any atom is -0.398 e. The second-order valence-electron chi connectivity index (χ2n) is 4.02. The van der Waals surface area contributed by atoms with Gasteiger partial charge in [0.2, 0.25) is 0 Å². The van der Waals surface area contributed by atoms with E-state index in [0.29, 0.717) is 0 Å². The highest BCUT2D eigenvalue weighted by Crippen LogP contribution is 2.28. The number of benzene rings is 1. The molecule has 0 unspecified atom stereocenters. The van der Waals surface area contributed by atoms with E-state index < -0.39 is 0 Å². The number of para-hydroxylation sites is 1. The van der Waals surface area contributed by atoms with E-state index in [2.05, 4.69) is 39.0 Å². The summed E-state index contributed by atoms with van der Waals surface area (Å²) in [6.07, 6.45) is 1.25. The molecule has 14 heavy (non-hydrogen) atoms. The highest BCUT2D eigenvalue weighted by atomic mass is 32.2. The number of nitrogens with two attached hydrogens (primary N) is 1. The van der Waals surface area contributed by atoms with Crippen molar-refractivity contribution in [2.24, 2.45) is 5.92 Å². The van der Waals surface area contributed by atoms with Crippen LogP contribution in [0.25, 0.3) is 0 Å². The summed E-state index contributed by atoms with van der Waals surface area (Å²) in [5, 5.41) is 0. The fraction of sp³-hybridized carbons (Fsp3) is 0.500. The Morgan fingerprint density at radius 3 is 2.71 bits per heavy atom. The van der Waals surface area contributed by atoms with Gasteiger partial charge in [-0.1, -0.05) is 26.0 Å². The van der Waals surface area contributed by atoms with Gasteiger partial charge in [0.05, 0.1) is 0 Å². The molecule has 1 rings (SSSR count). The van der Waals surface area contributed by atoms with E-state index in [0.717, 1.165) is 17.4 Å². The lowest BCUT2D eigenvalue weighted by atomic mass is 10.2. The lowest BCUT2D eigenvalue weighted by molar-refractivity contribution is 0.632. The van der Waals surface area contributed by atoms with Gasteiger partial charge in [0.1, 0.15) is 0 Å². The van der Waals surface area contributed by atoms with Crippen molar-refractivity contribution in [1.29, 1.82) is 0 Å². The minimum absolute atomic E-state index is 0.772. The van der Waals surface area contributed by atoms with Gasteiger partial charge in [-0.25, -0.2) is 0 Å². The van der Waals surface area contributed by atoms with Gasteiger partial charge < -0.3 is 5.73 Å². The third-order valence-corrected chi connectivity index (χ3v) is 3.34. The molecule has 0 aliphatic heterocycles. The minimum atomic E-state index is 0.772. The highest BCUT2D eigenvalue weighted by molar-refractivity contribution is 7.99. The van der Waals surface area contributed by atoms with E-state index in [-0.39, 0.29) is 0 Å². The van der Waals surface area contributed by atoms with Gasteiger partial charge in [-0.2, -0.15) is 0 Å². The number of anilines is 1. The second-order valence-corrected chi connectivity index (χ2v) is 5.15. The molecule has 2 heteroatoms. The Morgan fingerprint density at radius 1 is 1.36 bits per heavy atom. The SMILES string of the molecule is Cc1cccc(SCCC(C)C)c1N. The molecule has 0 aliphatic rings. The molecule has 2 N–H and O–H groups in total. The van der Waals surface area contributed by atoms with Crippen LogP contribution in [0.5, 0.6) is 0 Å². The predicted molar refractivity (Wildman–Crippen MR) is 65.8 cm³/mol. The summed E-state index contributed by atoms with van der Waals surface area (Å²) < 4.78 is 0. The van der Waals surface area contributed by atoms with E-state index in [9.17, 15) is 0 Å². The lowest BCUT2D eigenvalue weighted by Crippen LogP contribution is -1.94. The fourth-order valence-corrected chi connectivity index (χ4v) is 2.48. The summed E-state index contributed by atoms with van der Waals surface area (Å²) in [7, 11) is 0. The molecule has 0 spiro atoms. The summed E-state index contributed by atoms with van der Waals surface area (Å²) in [6.45, 7) is 6.56. The van der Waals surface area contributed by atoms with Crippen LogP contribution >= 0.6 is 11.8 Å². The van der Waals surface area contributed by atoms with Crippen LogP contribution < -0.4 is 5.73 Å². The largest absolute Gasteiger partial charge is 0.398 e. The van der Waals surface area contributed by atoms with Crippen molar-refractivity contribution >= 4 is 17.4 Å². The Labute approximate surface area is 91.1 Å². The van der Waals surface area contributed by atoms with Gasteiger partial charge in [0.25, 0.3) is 0 Å². The molecule has 0 fully saturated rings. The molecule has 0 aliphatic carbocycles. The Hall–Kier alpha value is -0.630. The zero-order valence-corrected chi connectivity index (χ0v) is 10.0. The Bertz CT molecular complexity index is 294. The first kappa shape index (κ1) is 11.4. The van der Waals surface area contributed by atoms with Crippen molar-refractivity contribution in [2.75, 3.05) is 11.5 Å². The van der Waals surface area contributed by atoms with Crippen LogP contribution in [0.1, 0.15) is 25.8 Å². The van der Waals surface area contributed by atoms with Gasteiger partial charge in [-0.15, -0.1) is 11.8 Å². The first-order valence-corrected chi connectivity index (χ1v) is 6.07. The van der Waals surface area contributed by atoms with E-state index >= 15 is 0 Å². The lowest BCUT2D eigenvalue weighted by Gasteiger charge is -2.08. The van der Waals surface area contributed by atoms with Crippen molar-refractivity contribution in [3.8, 4) is 0 Å². The van der Waals surface area contributed by atoms with Crippen LogP contribution in [0.4, 0.5) is 5.69 Å². The van der Waals surface area contributed by atoms with Crippen LogP contribution in [0.2, 0.25) is 0 Å². The van der Waals surface area contributed by atoms with Crippen molar-refractivity contribution in [3.63, 3.8) is 0 Å². The average Bonchev–Trinajstić information content (AvgIpc) is 2.12. The highest BCUT2D eigenvalue weighted by Gasteiger charge is 2.02. The Balaban J connectivity index is 2.54.